The van der Waals surface area contributed by atoms with Gasteiger partial charge in [-0.2, -0.15) is 0 Å². The zero-order valence-electron chi connectivity index (χ0n) is 18.2. The van der Waals surface area contributed by atoms with E-state index in [-0.39, 0.29) is 23.4 Å². The summed E-state index contributed by atoms with van der Waals surface area (Å²) in [5, 5.41) is 2.76. The number of hydrogen-bond donors (Lipinski definition) is 1. The molecule has 1 aromatic heterocycles. The average molecular weight is 463 g/mol. The number of nitrogens with one attached hydrogen (secondary N) is 1. The lowest BCUT2D eigenvalue weighted by molar-refractivity contribution is 0.0515. The molecule has 0 radical (unpaired) electrons. The zero-order chi connectivity index (χ0) is 23.5. The van der Waals surface area contributed by atoms with Gasteiger partial charge < -0.3 is 24.4 Å². The van der Waals surface area contributed by atoms with E-state index in [9.17, 15) is 22.8 Å². The minimum atomic E-state index is -3.41. The van der Waals surface area contributed by atoms with E-state index in [0.29, 0.717) is 43.1 Å². The topological polar surface area (TPSA) is 118 Å². The van der Waals surface area contributed by atoms with E-state index in [1.54, 1.807) is 46.7 Å². The minimum Gasteiger partial charge on any atom is -0.461 e. The van der Waals surface area contributed by atoms with Crippen LogP contribution in [0.15, 0.2) is 41.4 Å². The number of carbonyl (C=O) groups excluding carboxylic acids is 3. The second kappa shape index (κ2) is 9.43. The molecule has 0 aliphatic carbocycles. The molecule has 0 spiro atoms. The van der Waals surface area contributed by atoms with Crippen LogP contribution in [-0.4, -0.2) is 79.7 Å². The Morgan fingerprint density at radius 2 is 1.72 bits per heavy atom. The van der Waals surface area contributed by atoms with Crippen LogP contribution in [0.4, 0.5) is 10.5 Å². The van der Waals surface area contributed by atoms with Gasteiger partial charge in [0, 0.05) is 51.2 Å². The number of benzene rings is 1. The number of hydrogen-bond acceptors (Lipinski definition) is 6. The van der Waals surface area contributed by atoms with E-state index in [4.69, 9.17) is 4.74 Å². The highest BCUT2D eigenvalue weighted by atomic mass is 32.2. The highest BCUT2D eigenvalue weighted by Crippen LogP contribution is 2.17. The number of aryl methyl sites for hydroxylation is 1. The Morgan fingerprint density at radius 3 is 2.34 bits per heavy atom. The molecular weight excluding hydrogens is 436 g/mol. The van der Waals surface area contributed by atoms with E-state index < -0.39 is 15.8 Å². The Kier molecular flexibility index (Phi) is 6.87. The molecule has 3 amide bonds. The number of amides is 3. The fourth-order valence-corrected chi connectivity index (χ4v) is 4.07. The first kappa shape index (κ1) is 23.3. The van der Waals surface area contributed by atoms with Crippen LogP contribution in [0.25, 0.3) is 0 Å². The van der Waals surface area contributed by atoms with Crippen LogP contribution in [-0.2, 0) is 21.6 Å². The van der Waals surface area contributed by atoms with Crippen molar-refractivity contribution in [2.45, 2.75) is 11.8 Å². The molecule has 1 aliphatic heterocycles. The van der Waals surface area contributed by atoms with Crippen molar-refractivity contribution in [3.8, 4) is 0 Å². The maximum Gasteiger partial charge on any atom is 0.355 e. The summed E-state index contributed by atoms with van der Waals surface area (Å²) in [6.45, 7) is 3.25. The van der Waals surface area contributed by atoms with Gasteiger partial charge in [-0.05, 0) is 31.2 Å². The largest absolute Gasteiger partial charge is 0.461 e. The van der Waals surface area contributed by atoms with Crippen LogP contribution in [0.1, 0.15) is 27.8 Å². The van der Waals surface area contributed by atoms with Gasteiger partial charge in [0.25, 0.3) is 5.91 Å². The first-order valence-electron chi connectivity index (χ1n) is 10.1. The molecule has 1 aliphatic rings. The van der Waals surface area contributed by atoms with Crippen LogP contribution in [0.3, 0.4) is 0 Å². The first-order valence-corrected chi connectivity index (χ1v) is 12.0. The second-order valence-electron chi connectivity index (χ2n) is 7.45. The molecule has 1 fully saturated rings. The van der Waals surface area contributed by atoms with Gasteiger partial charge in [0.05, 0.1) is 17.2 Å². The van der Waals surface area contributed by atoms with Gasteiger partial charge in [-0.15, -0.1) is 0 Å². The molecule has 1 saturated heterocycles. The molecule has 10 nitrogen and oxygen atoms in total. The molecule has 0 unspecified atom stereocenters. The van der Waals surface area contributed by atoms with Crippen molar-refractivity contribution in [1.82, 2.24) is 14.4 Å². The predicted octanol–water partition coefficient (Wildman–Crippen LogP) is 1.60. The number of sulfone groups is 1. The molecule has 11 heteroatoms. The summed E-state index contributed by atoms with van der Waals surface area (Å²) in [6, 6.07) is 7.14. The number of rotatable bonds is 5. The third-order valence-electron chi connectivity index (χ3n) is 5.10. The molecule has 2 aromatic rings. The molecule has 172 valence electrons. The lowest BCUT2D eigenvalue weighted by atomic mass is 10.2. The third kappa shape index (κ3) is 5.28. The van der Waals surface area contributed by atoms with Crippen molar-refractivity contribution in [2.75, 3.05) is 44.4 Å². The molecule has 2 heterocycles. The quantitative estimate of drug-likeness (QED) is 0.675. The van der Waals surface area contributed by atoms with Crippen molar-refractivity contribution in [1.29, 1.82) is 0 Å². The molecule has 32 heavy (non-hydrogen) atoms. The zero-order valence-corrected chi connectivity index (χ0v) is 19.0. The normalized spacial score (nSPS) is 14.2. The van der Waals surface area contributed by atoms with Crippen LogP contribution >= 0.6 is 0 Å². The van der Waals surface area contributed by atoms with Crippen molar-refractivity contribution in [3.63, 3.8) is 0 Å². The Bertz CT molecular complexity index is 1130. The maximum atomic E-state index is 12.8. The molecule has 1 N–H and O–H groups in total. The minimum absolute atomic E-state index is 0.0893. The van der Waals surface area contributed by atoms with Crippen LogP contribution in [0.2, 0.25) is 0 Å². The number of nitrogens with zero attached hydrogens (tertiary/aromatic N) is 3. The van der Waals surface area contributed by atoms with Crippen LogP contribution in [0, 0.1) is 0 Å². The van der Waals surface area contributed by atoms with E-state index >= 15 is 0 Å². The summed E-state index contributed by atoms with van der Waals surface area (Å²) in [5.74, 6) is -0.750. The fraction of sp³-hybridized carbons (Fsp3) is 0.381. The number of ether oxygens (including phenoxy) is 1. The fourth-order valence-electron chi connectivity index (χ4n) is 3.40. The van der Waals surface area contributed by atoms with E-state index in [1.165, 1.54) is 18.2 Å². The van der Waals surface area contributed by atoms with Crippen molar-refractivity contribution in [3.05, 3.63) is 47.8 Å². The summed E-state index contributed by atoms with van der Waals surface area (Å²) in [7, 11) is -1.73. The highest BCUT2D eigenvalue weighted by Gasteiger charge is 2.26. The van der Waals surface area contributed by atoms with Crippen LogP contribution < -0.4 is 5.32 Å². The molecular formula is C21H26N4O6S. The van der Waals surface area contributed by atoms with Gasteiger partial charge in [0.15, 0.2) is 9.84 Å². The highest BCUT2D eigenvalue weighted by molar-refractivity contribution is 7.90. The standard InChI is InChI=1S/C21H26N4O6S/c1-4-31-20(27)18-13-16(14-23(18)2)22-21(28)25-10-8-24(9-11-25)19(26)15-6-5-7-17(12-15)32(3,29)30/h5-7,12-14H,4,8-11H2,1-3H3,(H,22,28). The SMILES string of the molecule is CCOC(=O)c1cc(NC(=O)N2CCN(C(=O)c3cccc(S(C)(=O)=O)c3)CC2)cn1C. The van der Waals surface area contributed by atoms with Crippen molar-refractivity contribution in [2.24, 2.45) is 7.05 Å². The summed E-state index contributed by atoms with van der Waals surface area (Å²) >= 11 is 0. The lowest BCUT2D eigenvalue weighted by Gasteiger charge is -2.34. The first-order chi connectivity index (χ1) is 15.1. The third-order valence-corrected chi connectivity index (χ3v) is 6.21. The number of anilines is 1. The van der Waals surface area contributed by atoms with Gasteiger partial charge in [0.1, 0.15) is 5.69 Å². The lowest BCUT2D eigenvalue weighted by Crippen LogP contribution is -2.51. The number of urea groups is 1. The van der Waals surface area contributed by atoms with E-state index in [1.807, 2.05) is 0 Å². The van der Waals surface area contributed by atoms with E-state index in [2.05, 4.69) is 5.32 Å². The molecule has 0 saturated carbocycles. The number of piperazine rings is 1. The Labute approximate surface area is 186 Å². The molecule has 0 bridgehead atoms. The van der Waals surface area contributed by atoms with Gasteiger partial charge in [-0.3, -0.25) is 4.79 Å². The summed E-state index contributed by atoms with van der Waals surface area (Å²) < 4.78 is 30.0. The molecule has 1 aromatic carbocycles. The van der Waals surface area contributed by atoms with Gasteiger partial charge in [-0.1, -0.05) is 6.07 Å². The second-order valence-corrected chi connectivity index (χ2v) is 9.47. The van der Waals surface area contributed by atoms with Crippen LogP contribution in [0.5, 0.6) is 0 Å². The van der Waals surface area contributed by atoms with Gasteiger partial charge in [0.2, 0.25) is 0 Å². The Balaban J connectivity index is 1.59. The average Bonchev–Trinajstić information content (AvgIpc) is 3.13. The molecule has 0 atom stereocenters. The summed E-state index contributed by atoms with van der Waals surface area (Å²) in [5.41, 5.74) is 1.09. The Morgan fingerprint density at radius 1 is 1.06 bits per heavy atom. The van der Waals surface area contributed by atoms with Gasteiger partial charge in [-0.25, -0.2) is 18.0 Å². The molecule has 3 rings (SSSR count). The van der Waals surface area contributed by atoms with Gasteiger partial charge >= 0.3 is 12.0 Å². The van der Waals surface area contributed by atoms with E-state index in [0.717, 1.165) is 6.26 Å². The summed E-state index contributed by atoms with van der Waals surface area (Å²) in [4.78, 5) is 40.6. The number of carbonyl (C=O) groups is 3. The van der Waals surface area contributed by atoms with Crippen molar-refractivity contribution >= 4 is 33.4 Å². The summed E-state index contributed by atoms with van der Waals surface area (Å²) in [6.07, 6.45) is 2.72. The monoisotopic (exact) mass is 462 g/mol. The predicted molar refractivity (Wildman–Crippen MR) is 117 cm³/mol. The van der Waals surface area contributed by atoms with Crippen molar-refractivity contribution < 1.29 is 27.5 Å². The Hall–Kier alpha value is -3.34. The number of esters is 1. The maximum absolute atomic E-state index is 12.8. The smallest absolute Gasteiger partial charge is 0.355 e. The number of aromatic nitrogens is 1.